The van der Waals surface area contributed by atoms with E-state index in [0.29, 0.717) is 10.9 Å². The predicted octanol–water partition coefficient (Wildman–Crippen LogP) is 16.6. The van der Waals surface area contributed by atoms with E-state index in [4.69, 9.17) is 4.98 Å². The summed E-state index contributed by atoms with van der Waals surface area (Å²) in [5, 5.41) is 15.2. The van der Waals surface area contributed by atoms with Crippen molar-refractivity contribution < 1.29 is 9.90 Å². The minimum absolute atomic E-state index is 0.000505. The first kappa shape index (κ1) is 45.6. The number of thiophene rings is 1. The van der Waals surface area contributed by atoms with E-state index in [2.05, 4.69) is 159 Å². The SMILES string of the molecule is CCCCC1(CCCC)c2ccccc2-c2ccc(N(c3ccc(-c4ccc(/C=c5/c(C(=O)O)nn6c5nc5ccccc56)s4)cc3)c3ccc4c(c3)C(CCCC)(CCCC)c3ccccc3-4)cc21. The van der Waals surface area contributed by atoms with E-state index in [0.717, 1.165) is 57.7 Å². The molecule has 9 aromatic rings. The molecule has 6 nitrogen and oxygen atoms in total. The second-order valence-electron chi connectivity index (χ2n) is 19.8. The average molecular weight is 939 g/mol. The molecule has 3 aromatic heterocycles. The summed E-state index contributed by atoms with van der Waals surface area (Å²) >= 11 is 1.64. The van der Waals surface area contributed by atoms with Crippen LogP contribution in [0.5, 0.6) is 0 Å². The molecule has 0 unspecified atom stereocenters. The summed E-state index contributed by atoms with van der Waals surface area (Å²) in [6.45, 7) is 9.32. The van der Waals surface area contributed by atoms with E-state index in [1.54, 1.807) is 15.9 Å². The molecule has 7 heteroatoms. The molecule has 0 saturated heterocycles. The minimum Gasteiger partial charge on any atom is -0.476 e. The van der Waals surface area contributed by atoms with Gasteiger partial charge in [0.05, 0.1) is 16.3 Å². The summed E-state index contributed by atoms with van der Waals surface area (Å²) in [7, 11) is 0. The van der Waals surface area contributed by atoms with E-state index in [1.807, 2.05) is 30.3 Å². The molecular weight excluding hydrogens is 877 g/mol. The van der Waals surface area contributed by atoms with Crippen LogP contribution in [0.25, 0.3) is 55.5 Å². The Morgan fingerprint density at radius 2 is 1.09 bits per heavy atom. The van der Waals surface area contributed by atoms with Crippen LogP contribution in [0.15, 0.2) is 146 Å². The van der Waals surface area contributed by atoms with Crippen LogP contribution >= 0.6 is 11.3 Å². The number of rotatable bonds is 18. The van der Waals surface area contributed by atoms with Gasteiger partial charge in [-0.2, -0.15) is 5.10 Å². The summed E-state index contributed by atoms with van der Waals surface area (Å²) in [5.74, 6) is -1.07. The van der Waals surface area contributed by atoms with Gasteiger partial charge in [0.25, 0.3) is 0 Å². The van der Waals surface area contributed by atoms with Crippen LogP contribution < -0.4 is 10.1 Å². The quantitative estimate of drug-likeness (QED) is 0.0928. The highest BCUT2D eigenvalue weighted by molar-refractivity contribution is 7.16. The maximum absolute atomic E-state index is 12.5. The van der Waals surface area contributed by atoms with Crippen molar-refractivity contribution >= 4 is 57.1 Å². The summed E-state index contributed by atoms with van der Waals surface area (Å²) in [5.41, 5.74) is 18.1. The molecule has 0 spiro atoms. The van der Waals surface area contributed by atoms with Crippen LogP contribution in [0.1, 0.15) is 142 Å². The number of nitrogens with zero attached hydrogens (tertiary/aromatic N) is 4. The van der Waals surface area contributed by atoms with Gasteiger partial charge in [0, 0.05) is 37.6 Å². The van der Waals surface area contributed by atoms with E-state index in [9.17, 15) is 9.90 Å². The Hall–Kier alpha value is -6.83. The number of benzene rings is 6. The first-order chi connectivity index (χ1) is 34.3. The number of aromatic nitrogens is 3. The Balaban J connectivity index is 1.04. The number of hydrogen-bond donors (Lipinski definition) is 1. The largest absolute Gasteiger partial charge is 0.476 e. The van der Waals surface area contributed by atoms with Gasteiger partial charge < -0.3 is 10.0 Å². The first-order valence-corrected chi connectivity index (χ1v) is 26.7. The number of imidazole rings is 1. The fraction of sp³-hybridized carbons (Fsp3) is 0.286. The Kier molecular flexibility index (Phi) is 12.3. The molecule has 0 saturated carbocycles. The van der Waals surface area contributed by atoms with Crippen molar-refractivity contribution in [1.29, 1.82) is 0 Å². The van der Waals surface area contributed by atoms with Crippen LogP contribution in [0.3, 0.4) is 0 Å². The number of carboxylic acids is 1. The van der Waals surface area contributed by atoms with Crippen molar-refractivity contribution in [2.45, 2.75) is 116 Å². The third-order valence-electron chi connectivity index (χ3n) is 15.6. The molecular formula is C63H62N4O2S. The van der Waals surface area contributed by atoms with Crippen molar-refractivity contribution in [1.82, 2.24) is 14.6 Å². The van der Waals surface area contributed by atoms with Gasteiger partial charge in [-0.15, -0.1) is 11.3 Å². The Bertz CT molecular complexity index is 3320. The van der Waals surface area contributed by atoms with Crippen molar-refractivity contribution in [3.63, 3.8) is 0 Å². The number of fused-ring (bicyclic) bond motifs is 9. The Morgan fingerprint density at radius 3 is 1.63 bits per heavy atom. The normalized spacial score (nSPS) is 14.3. The molecule has 352 valence electrons. The summed E-state index contributed by atoms with van der Waals surface area (Å²) in [6, 6.07) is 54.1. The topological polar surface area (TPSA) is 70.7 Å². The van der Waals surface area contributed by atoms with Gasteiger partial charge in [-0.05, 0) is 142 Å². The van der Waals surface area contributed by atoms with Crippen molar-refractivity contribution in [3.8, 4) is 32.7 Å². The number of para-hydroxylation sites is 2. The fourth-order valence-electron chi connectivity index (χ4n) is 12.2. The fourth-order valence-corrected chi connectivity index (χ4v) is 13.2. The van der Waals surface area contributed by atoms with Gasteiger partial charge in [-0.25, -0.2) is 14.3 Å². The number of carboxylic acid groups (broad SMARTS) is 1. The number of unbranched alkanes of at least 4 members (excludes halogenated alkanes) is 4. The Morgan fingerprint density at radius 1 is 0.586 bits per heavy atom. The lowest BCUT2D eigenvalue weighted by molar-refractivity contribution is 0.0689. The summed E-state index contributed by atoms with van der Waals surface area (Å²) < 4.78 is 1.65. The second kappa shape index (κ2) is 18.8. The zero-order chi connectivity index (χ0) is 48.0. The highest BCUT2D eigenvalue weighted by Crippen LogP contribution is 2.58. The molecule has 70 heavy (non-hydrogen) atoms. The maximum atomic E-state index is 12.5. The minimum atomic E-state index is -1.07. The molecule has 6 aromatic carbocycles. The van der Waals surface area contributed by atoms with Gasteiger partial charge in [0.1, 0.15) is 0 Å². The van der Waals surface area contributed by atoms with Crippen molar-refractivity contribution in [3.05, 3.63) is 184 Å². The van der Waals surface area contributed by atoms with Gasteiger partial charge in [-0.3, -0.25) is 0 Å². The molecule has 1 N–H and O–H groups in total. The van der Waals surface area contributed by atoms with E-state index >= 15 is 0 Å². The molecule has 2 aliphatic carbocycles. The van der Waals surface area contributed by atoms with Gasteiger partial charge >= 0.3 is 5.97 Å². The lowest BCUT2D eigenvalue weighted by Gasteiger charge is -2.35. The zero-order valence-corrected chi connectivity index (χ0v) is 41.8. The number of carbonyl (C=O) groups is 1. The molecule has 2 aliphatic rings. The van der Waals surface area contributed by atoms with Gasteiger partial charge in [-0.1, -0.05) is 164 Å². The van der Waals surface area contributed by atoms with Crippen LogP contribution in [-0.2, 0) is 10.8 Å². The van der Waals surface area contributed by atoms with E-state index in [1.165, 1.54) is 107 Å². The molecule has 0 atom stereocenters. The monoisotopic (exact) mass is 938 g/mol. The molecule has 0 aliphatic heterocycles. The predicted molar refractivity (Wildman–Crippen MR) is 291 cm³/mol. The van der Waals surface area contributed by atoms with Crippen LogP contribution in [0, 0.1) is 0 Å². The zero-order valence-electron chi connectivity index (χ0n) is 41.0. The molecule has 0 amide bonds. The van der Waals surface area contributed by atoms with Crippen molar-refractivity contribution in [2.24, 2.45) is 0 Å². The van der Waals surface area contributed by atoms with Gasteiger partial charge in [0.15, 0.2) is 11.3 Å². The van der Waals surface area contributed by atoms with Crippen LogP contribution in [0.2, 0.25) is 0 Å². The smallest absolute Gasteiger partial charge is 0.357 e. The van der Waals surface area contributed by atoms with Gasteiger partial charge in [0.2, 0.25) is 0 Å². The van der Waals surface area contributed by atoms with Crippen LogP contribution in [-0.4, -0.2) is 25.7 Å². The molecule has 3 heterocycles. The average Bonchev–Trinajstić information content (AvgIpc) is 4.21. The lowest BCUT2D eigenvalue weighted by Crippen LogP contribution is -2.26. The third-order valence-corrected chi connectivity index (χ3v) is 16.7. The molecule has 0 bridgehead atoms. The van der Waals surface area contributed by atoms with Crippen molar-refractivity contribution in [2.75, 3.05) is 4.90 Å². The first-order valence-electron chi connectivity index (χ1n) is 25.8. The third kappa shape index (κ3) is 7.56. The molecule has 11 rings (SSSR count). The number of hydrogen-bond acceptors (Lipinski definition) is 5. The lowest BCUT2D eigenvalue weighted by atomic mass is 9.70. The van der Waals surface area contributed by atoms with Crippen LogP contribution in [0.4, 0.5) is 17.1 Å². The van der Waals surface area contributed by atoms with E-state index < -0.39 is 5.97 Å². The molecule has 0 radical (unpaired) electrons. The molecule has 0 fully saturated rings. The number of anilines is 3. The summed E-state index contributed by atoms with van der Waals surface area (Å²) in [4.78, 5) is 21.8. The second-order valence-corrected chi connectivity index (χ2v) is 20.9. The maximum Gasteiger partial charge on any atom is 0.357 e. The Labute approximate surface area is 416 Å². The highest BCUT2D eigenvalue weighted by atomic mass is 32.1. The number of aromatic carboxylic acids is 1. The summed E-state index contributed by atoms with van der Waals surface area (Å²) in [6.07, 6.45) is 15.9. The van der Waals surface area contributed by atoms with E-state index in [-0.39, 0.29) is 16.5 Å². The standard InChI is InChI=1S/C63H62N4O2S/c1-5-9-35-62(36-10-6-2)52-21-15-13-19-47(52)49-32-29-44(39-54(49)62)66(45-30-33-50-48-20-14-16-22-53(48)63(37-11-7-3,38-12-8-4)55(50)40-45)43-27-25-42(26-28-43)58-34-31-46(70-58)41-51-59(61(68)69)65-67-57-24-18-17-23-56(57)64-60(51)67/h13-34,39-41H,5-12,35-38H2,1-4H3,(H,68,69)/b51-41-. The highest BCUT2D eigenvalue weighted by Gasteiger charge is 2.44.